The molecule has 1 saturated heterocycles. The minimum Gasteiger partial charge on any atom is -0.465 e. The highest BCUT2D eigenvalue weighted by Gasteiger charge is 2.21. The van der Waals surface area contributed by atoms with E-state index in [0.29, 0.717) is 6.61 Å². The molecule has 1 aromatic carbocycles. The Morgan fingerprint density at radius 2 is 2.28 bits per heavy atom. The number of benzene rings is 1. The molecule has 0 radical (unpaired) electrons. The van der Waals surface area contributed by atoms with Crippen LogP contribution in [0.5, 0.6) is 0 Å². The summed E-state index contributed by atoms with van der Waals surface area (Å²) in [4.78, 5) is 15.4. The molecule has 4 nitrogen and oxygen atoms in total. The van der Waals surface area contributed by atoms with E-state index < -0.39 is 0 Å². The standard InChI is InChI=1S/C13H16N2O2S/c1-2-17-12(16)8-14-13-15-11(9-18-13)10-6-4-3-5-7-10/h3-7,11H,2,8-9H2,1H3,(H,14,15). The van der Waals surface area contributed by atoms with E-state index in [1.165, 1.54) is 5.56 Å². The minimum absolute atomic E-state index is 0.0880. The van der Waals surface area contributed by atoms with Crippen LogP contribution in [0, 0.1) is 0 Å². The predicted octanol–water partition coefficient (Wildman–Crippen LogP) is 1.98. The lowest BCUT2D eigenvalue weighted by Crippen LogP contribution is -2.20. The van der Waals surface area contributed by atoms with Gasteiger partial charge in [-0.2, -0.15) is 0 Å². The van der Waals surface area contributed by atoms with Gasteiger partial charge in [-0.25, -0.2) is 0 Å². The molecule has 0 aliphatic carbocycles. The van der Waals surface area contributed by atoms with E-state index in [9.17, 15) is 4.79 Å². The van der Waals surface area contributed by atoms with Crippen molar-refractivity contribution in [1.82, 2.24) is 5.32 Å². The van der Waals surface area contributed by atoms with Crippen LogP contribution in [0.1, 0.15) is 18.5 Å². The molecular weight excluding hydrogens is 248 g/mol. The molecule has 2 rings (SSSR count). The van der Waals surface area contributed by atoms with Crippen molar-refractivity contribution in [3.63, 3.8) is 0 Å². The van der Waals surface area contributed by atoms with Crippen molar-refractivity contribution < 1.29 is 9.53 Å². The summed E-state index contributed by atoms with van der Waals surface area (Å²) >= 11 is 1.64. The molecule has 1 aromatic rings. The molecule has 1 atom stereocenters. The van der Waals surface area contributed by atoms with Crippen molar-refractivity contribution in [1.29, 1.82) is 0 Å². The highest BCUT2D eigenvalue weighted by atomic mass is 32.2. The second kappa shape index (κ2) is 6.44. The van der Waals surface area contributed by atoms with Gasteiger partial charge in [-0.15, -0.1) is 0 Å². The van der Waals surface area contributed by atoms with Gasteiger partial charge >= 0.3 is 5.97 Å². The summed E-state index contributed by atoms with van der Waals surface area (Å²) in [6.07, 6.45) is 0. The van der Waals surface area contributed by atoms with Crippen LogP contribution in [0.2, 0.25) is 0 Å². The summed E-state index contributed by atoms with van der Waals surface area (Å²) < 4.78 is 4.83. The number of carbonyl (C=O) groups excluding carboxylic acids is 1. The molecule has 1 unspecified atom stereocenters. The molecule has 1 heterocycles. The van der Waals surface area contributed by atoms with E-state index >= 15 is 0 Å². The second-order valence-electron chi connectivity index (χ2n) is 3.85. The topological polar surface area (TPSA) is 50.7 Å². The SMILES string of the molecule is CCOC(=O)CN=C1NC(c2ccccc2)CS1. The van der Waals surface area contributed by atoms with Crippen LogP contribution in [0.25, 0.3) is 0 Å². The lowest BCUT2D eigenvalue weighted by molar-refractivity contribution is -0.141. The second-order valence-corrected chi connectivity index (χ2v) is 4.85. The van der Waals surface area contributed by atoms with Crippen LogP contribution in [-0.4, -0.2) is 30.0 Å². The van der Waals surface area contributed by atoms with E-state index in [1.807, 2.05) is 18.2 Å². The number of amidine groups is 1. The molecule has 0 amide bonds. The van der Waals surface area contributed by atoms with Gasteiger partial charge in [0.05, 0.1) is 12.6 Å². The molecule has 1 aliphatic heterocycles. The molecule has 18 heavy (non-hydrogen) atoms. The summed E-state index contributed by atoms with van der Waals surface area (Å²) in [6.45, 7) is 2.28. The zero-order valence-electron chi connectivity index (χ0n) is 10.3. The molecule has 96 valence electrons. The summed E-state index contributed by atoms with van der Waals surface area (Å²) in [5.41, 5.74) is 1.24. The van der Waals surface area contributed by atoms with Crippen LogP contribution >= 0.6 is 11.8 Å². The van der Waals surface area contributed by atoms with Gasteiger partial charge in [0.2, 0.25) is 0 Å². The zero-order valence-corrected chi connectivity index (χ0v) is 11.1. The Hall–Kier alpha value is -1.49. The Bertz CT molecular complexity index is 434. The van der Waals surface area contributed by atoms with E-state index in [0.717, 1.165) is 10.9 Å². The number of thioether (sulfide) groups is 1. The smallest absolute Gasteiger partial charge is 0.327 e. The molecule has 0 aromatic heterocycles. The normalized spacial score (nSPS) is 20.7. The fourth-order valence-electron chi connectivity index (χ4n) is 1.69. The number of carbonyl (C=O) groups is 1. The van der Waals surface area contributed by atoms with Crippen LogP contribution in [-0.2, 0) is 9.53 Å². The first kappa shape index (κ1) is 13.0. The van der Waals surface area contributed by atoms with Crippen LogP contribution in [0.4, 0.5) is 0 Å². The Labute approximate surface area is 111 Å². The van der Waals surface area contributed by atoms with Gasteiger partial charge in [-0.3, -0.25) is 9.79 Å². The lowest BCUT2D eigenvalue weighted by atomic mass is 10.1. The number of aliphatic imine (C=N–C) groups is 1. The monoisotopic (exact) mass is 264 g/mol. The van der Waals surface area contributed by atoms with Crippen molar-refractivity contribution in [3.05, 3.63) is 35.9 Å². The predicted molar refractivity (Wildman–Crippen MR) is 73.7 cm³/mol. The van der Waals surface area contributed by atoms with E-state index in [4.69, 9.17) is 4.74 Å². The third-order valence-corrected chi connectivity index (χ3v) is 3.56. The molecule has 5 heteroatoms. The third-order valence-electron chi connectivity index (χ3n) is 2.54. The van der Waals surface area contributed by atoms with Crippen molar-refractivity contribution in [2.24, 2.45) is 4.99 Å². The Balaban J connectivity index is 1.88. The number of hydrogen-bond donors (Lipinski definition) is 1. The average Bonchev–Trinajstić information content (AvgIpc) is 2.87. The zero-order chi connectivity index (χ0) is 12.8. The van der Waals surface area contributed by atoms with Gasteiger partial charge in [0.1, 0.15) is 6.54 Å². The Morgan fingerprint density at radius 1 is 1.50 bits per heavy atom. The third kappa shape index (κ3) is 3.50. The molecule has 1 fully saturated rings. The Morgan fingerprint density at radius 3 is 3.00 bits per heavy atom. The van der Waals surface area contributed by atoms with Crippen LogP contribution < -0.4 is 5.32 Å². The maximum Gasteiger partial charge on any atom is 0.327 e. The van der Waals surface area contributed by atoms with Gasteiger partial charge in [0, 0.05) is 5.75 Å². The number of nitrogens with zero attached hydrogens (tertiary/aromatic N) is 1. The van der Waals surface area contributed by atoms with Gasteiger partial charge < -0.3 is 10.1 Å². The highest BCUT2D eigenvalue weighted by molar-refractivity contribution is 8.14. The minimum atomic E-state index is -0.282. The lowest BCUT2D eigenvalue weighted by Gasteiger charge is -2.09. The largest absolute Gasteiger partial charge is 0.465 e. The first-order chi connectivity index (χ1) is 8.79. The van der Waals surface area contributed by atoms with E-state index in [1.54, 1.807) is 18.7 Å². The first-order valence-corrected chi connectivity index (χ1v) is 6.92. The van der Waals surface area contributed by atoms with Crippen LogP contribution in [0.3, 0.4) is 0 Å². The van der Waals surface area contributed by atoms with Gasteiger partial charge in [-0.05, 0) is 12.5 Å². The number of nitrogens with one attached hydrogen (secondary N) is 1. The van der Waals surface area contributed by atoms with Crippen molar-refractivity contribution in [2.45, 2.75) is 13.0 Å². The molecule has 1 aliphatic rings. The molecule has 0 saturated carbocycles. The number of esters is 1. The highest BCUT2D eigenvalue weighted by Crippen LogP contribution is 2.25. The molecule has 1 N–H and O–H groups in total. The van der Waals surface area contributed by atoms with Gasteiger partial charge in [-0.1, -0.05) is 42.1 Å². The summed E-state index contributed by atoms with van der Waals surface area (Å²) in [7, 11) is 0. The maximum atomic E-state index is 11.2. The number of rotatable bonds is 4. The average molecular weight is 264 g/mol. The van der Waals surface area contributed by atoms with E-state index in [2.05, 4.69) is 22.4 Å². The van der Waals surface area contributed by atoms with E-state index in [-0.39, 0.29) is 18.6 Å². The van der Waals surface area contributed by atoms with Crippen LogP contribution in [0.15, 0.2) is 35.3 Å². The fraction of sp³-hybridized carbons (Fsp3) is 0.385. The van der Waals surface area contributed by atoms with Gasteiger partial charge in [0.25, 0.3) is 0 Å². The first-order valence-electron chi connectivity index (χ1n) is 5.94. The van der Waals surface area contributed by atoms with Crippen molar-refractivity contribution in [2.75, 3.05) is 18.9 Å². The molecule has 0 spiro atoms. The number of ether oxygens (including phenoxy) is 1. The quantitative estimate of drug-likeness (QED) is 0.845. The Kier molecular flexibility index (Phi) is 4.64. The van der Waals surface area contributed by atoms with Crippen molar-refractivity contribution in [3.8, 4) is 0 Å². The molecule has 0 bridgehead atoms. The van der Waals surface area contributed by atoms with Gasteiger partial charge in [0.15, 0.2) is 5.17 Å². The molecular formula is C13H16N2O2S. The maximum absolute atomic E-state index is 11.2. The summed E-state index contributed by atoms with van der Waals surface area (Å²) in [5, 5.41) is 4.13. The number of hydrogen-bond acceptors (Lipinski definition) is 4. The fourth-order valence-corrected chi connectivity index (χ4v) is 2.68. The summed E-state index contributed by atoms with van der Waals surface area (Å²) in [6, 6.07) is 10.5. The van der Waals surface area contributed by atoms with Crippen molar-refractivity contribution >= 4 is 22.9 Å². The summed E-state index contributed by atoms with van der Waals surface area (Å²) in [5.74, 6) is 0.654.